The van der Waals surface area contributed by atoms with Crippen LogP contribution >= 0.6 is 0 Å². The molecule has 5 nitrogen and oxygen atoms in total. The summed E-state index contributed by atoms with van der Waals surface area (Å²) in [6.07, 6.45) is 1.37. The minimum atomic E-state index is -0.313. The third kappa shape index (κ3) is 4.22. The molecule has 5 heteroatoms. The number of piperidine rings is 1. The van der Waals surface area contributed by atoms with E-state index in [2.05, 4.69) is 11.4 Å². The molecule has 2 aromatic carbocycles. The lowest BCUT2D eigenvalue weighted by atomic mass is 9.92. The van der Waals surface area contributed by atoms with Gasteiger partial charge in [-0.1, -0.05) is 6.07 Å². The van der Waals surface area contributed by atoms with Crippen molar-refractivity contribution >= 4 is 17.3 Å². The summed E-state index contributed by atoms with van der Waals surface area (Å²) in [5.74, 6) is 0.306. The van der Waals surface area contributed by atoms with Gasteiger partial charge in [-0.2, -0.15) is 5.26 Å². The van der Waals surface area contributed by atoms with Crippen LogP contribution in [-0.2, 0) is 0 Å². The molecule has 26 heavy (non-hydrogen) atoms. The molecule has 1 aliphatic rings. The van der Waals surface area contributed by atoms with Gasteiger partial charge in [0.2, 0.25) is 0 Å². The van der Waals surface area contributed by atoms with Crippen LogP contribution in [0.15, 0.2) is 48.5 Å². The zero-order chi connectivity index (χ0) is 18.5. The molecule has 1 atom stereocenters. The molecule has 0 aliphatic carbocycles. The van der Waals surface area contributed by atoms with E-state index < -0.39 is 0 Å². The van der Waals surface area contributed by atoms with Crippen LogP contribution < -0.4 is 5.32 Å². The Morgan fingerprint density at radius 3 is 2.50 bits per heavy atom. The Morgan fingerprint density at radius 2 is 1.88 bits per heavy atom. The number of hydrogen-bond donors (Lipinski definition) is 2. The average molecular weight is 349 g/mol. The van der Waals surface area contributed by atoms with Gasteiger partial charge in [-0.25, -0.2) is 0 Å². The highest BCUT2D eigenvalue weighted by Gasteiger charge is 2.26. The van der Waals surface area contributed by atoms with E-state index in [9.17, 15) is 9.90 Å². The fraction of sp³-hybridized carbons (Fsp3) is 0.333. The van der Waals surface area contributed by atoms with Crippen LogP contribution in [0.4, 0.5) is 11.4 Å². The maximum atomic E-state index is 12.8. The van der Waals surface area contributed by atoms with Crippen LogP contribution in [0.25, 0.3) is 0 Å². The van der Waals surface area contributed by atoms with E-state index >= 15 is 0 Å². The quantitative estimate of drug-likeness (QED) is 0.885. The summed E-state index contributed by atoms with van der Waals surface area (Å²) in [5.41, 5.74) is 2.96. The maximum absolute atomic E-state index is 12.8. The zero-order valence-corrected chi connectivity index (χ0v) is 14.9. The molecule has 0 aromatic heterocycles. The highest BCUT2D eigenvalue weighted by atomic mass is 16.3. The number of nitrogens with zero attached hydrogens (tertiary/aromatic N) is 2. The third-order valence-corrected chi connectivity index (χ3v) is 4.92. The number of aliphatic hydroxyl groups is 1. The third-order valence-electron chi connectivity index (χ3n) is 4.92. The monoisotopic (exact) mass is 349 g/mol. The lowest BCUT2D eigenvalue weighted by Crippen LogP contribution is -2.40. The Bertz CT molecular complexity index is 801. The molecule has 0 spiro atoms. The molecule has 3 rings (SSSR count). The minimum absolute atomic E-state index is 0.0255. The van der Waals surface area contributed by atoms with Gasteiger partial charge in [0.25, 0.3) is 5.91 Å². The van der Waals surface area contributed by atoms with E-state index in [0.29, 0.717) is 24.2 Å². The fourth-order valence-corrected chi connectivity index (χ4v) is 3.29. The first-order chi connectivity index (χ1) is 12.6. The number of benzene rings is 2. The summed E-state index contributed by atoms with van der Waals surface area (Å²) in [6.45, 7) is 3.18. The normalized spacial score (nSPS) is 16.0. The summed E-state index contributed by atoms with van der Waals surface area (Å²) in [5, 5.41) is 21.8. The minimum Gasteiger partial charge on any atom is -0.393 e. The number of hydrogen-bond acceptors (Lipinski definition) is 4. The lowest BCUT2D eigenvalue weighted by molar-refractivity contribution is 0.0521. The van der Waals surface area contributed by atoms with E-state index in [4.69, 9.17) is 5.26 Å². The Morgan fingerprint density at radius 1 is 1.19 bits per heavy atom. The largest absolute Gasteiger partial charge is 0.393 e. The molecular weight excluding hydrogens is 326 g/mol. The summed E-state index contributed by atoms with van der Waals surface area (Å²) in [4.78, 5) is 14.6. The molecule has 134 valence electrons. The van der Waals surface area contributed by atoms with E-state index in [1.807, 2.05) is 48.2 Å². The first-order valence-corrected chi connectivity index (χ1v) is 8.91. The molecule has 0 bridgehead atoms. The Labute approximate surface area is 153 Å². The second-order valence-corrected chi connectivity index (χ2v) is 6.77. The second-order valence-electron chi connectivity index (χ2n) is 6.77. The second kappa shape index (κ2) is 8.03. The van der Waals surface area contributed by atoms with Gasteiger partial charge in [0.15, 0.2) is 0 Å². The van der Waals surface area contributed by atoms with Gasteiger partial charge in [-0.05, 0) is 68.1 Å². The highest BCUT2D eigenvalue weighted by molar-refractivity contribution is 5.95. The predicted octanol–water partition coefficient (Wildman–Crippen LogP) is 3.53. The van der Waals surface area contributed by atoms with Crippen molar-refractivity contribution in [3.05, 3.63) is 59.7 Å². The number of likely N-dealkylation sites (tertiary alicyclic amines) is 1. The first kappa shape index (κ1) is 18.0. The zero-order valence-electron chi connectivity index (χ0n) is 14.9. The molecule has 0 saturated carbocycles. The highest BCUT2D eigenvalue weighted by Crippen LogP contribution is 2.23. The Balaban J connectivity index is 1.67. The van der Waals surface area contributed by atoms with Gasteiger partial charge in [0, 0.05) is 30.0 Å². The SMILES string of the molecule is CC(O)C1CCN(C(=O)c2cccc(Nc3ccc(C#N)cc3)c2)CC1. The van der Waals surface area contributed by atoms with Crippen LogP contribution in [0.1, 0.15) is 35.7 Å². The molecule has 1 saturated heterocycles. The molecule has 1 fully saturated rings. The van der Waals surface area contributed by atoms with Crippen molar-refractivity contribution in [1.29, 1.82) is 5.26 Å². The average Bonchev–Trinajstić information content (AvgIpc) is 2.68. The van der Waals surface area contributed by atoms with Crippen molar-refractivity contribution in [3.8, 4) is 6.07 Å². The van der Waals surface area contributed by atoms with Crippen molar-refractivity contribution < 1.29 is 9.90 Å². The summed E-state index contributed by atoms with van der Waals surface area (Å²) < 4.78 is 0. The smallest absolute Gasteiger partial charge is 0.253 e. The number of amides is 1. The number of nitrogens with one attached hydrogen (secondary N) is 1. The number of nitriles is 1. The number of aliphatic hydroxyl groups excluding tert-OH is 1. The van der Waals surface area contributed by atoms with E-state index in [0.717, 1.165) is 24.2 Å². The molecule has 1 aliphatic heterocycles. The van der Waals surface area contributed by atoms with E-state index in [1.54, 1.807) is 12.1 Å². The van der Waals surface area contributed by atoms with Crippen LogP contribution in [0, 0.1) is 17.2 Å². The standard InChI is InChI=1S/C21H23N3O2/c1-15(25)17-9-11-24(12-10-17)21(26)18-3-2-4-20(13-18)23-19-7-5-16(14-22)6-8-19/h2-8,13,15,17,23,25H,9-12H2,1H3. The Kier molecular flexibility index (Phi) is 5.55. The number of carbonyl (C=O) groups excluding carboxylic acids is 1. The molecule has 1 unspecified atom stereocenters. The molecule has 2 aromatic rings. The van der Waals surface area contributed by atoms with Crippen molar-refractivity contribution in [1.82, 2.24) is 4.90 Å². The molecule has 1 heterocycles. The van der Waals surface area contributed by atoms with Crippen LogP contribution in [0.3, 0.4) is 0 Å². The van der Waals surface area contributed by atoms with Gasteiger partial charge < -0.3 is 15.3 Å². The van der Waals surface area contributed by atoms with Crippen molar-refractivity contribution in [2.75, 3.05) is 18.4 Å². The predicted molar refractivity (Wildman–Crippen MR) is 101 cm³/mol. The molecule has 0 radical (unpaired) electrons. The van der Waals surface area contributed by atoms with Gasteiger partial charge in [0.1, 0.15) is 0 Å². The number of carbonyl (C=O) groups is 1. The van der Waals surface area contributed by atoms with Crippen LogP contribution in [0.5, 0.6) is 0 Å². The summed E-state index contributed by atoms with van der Waals surface area (Å²) in [7, 11) is 0. The molecular formula is C21H23N3O2. The molecule has 1 amide bonds. The van der Waals surface area contributed by atoms with Gasteiger partial charge in [-0.15, -0.1) is 0 Å². The van der Waals surface area contributed by atoms with Gasteiger partial charge in [-0.3, -0.25) is 4.79 Å². The first-order valence-electron chi connectivity index (χ1n) is 8.91. The summed E-state index contributed by atoms with van der Waals surface area (Å²) >= 11 is 0. The van der Waals surface area contributed by atoms with Crippen LogP contribution in [0.2, 0.25) is 0 Å². The van der Waals surface area contributed by atoms with Gasteiger partial charge in [0.05, 0.1) is 17.7 Å². The van der Waals surface area contributed by atoms with Crippen LogP contribution in [-0.4, -0.2) is 35.1 Å². The lowest BCUT2D eigenvalue weighted by Gasteiger charge is -2.33. The Hall–Kier alpha value is -2.84. The summed E-state index contributed by atoms with van der Waals surface area (Å²) in [6, 6.07) is 16.7. The fourth-order valence-electron chi connectivity index (χ4n) is 3.29. The van der Waals surface area contributed by atoms with E-state index in [1.165, 1.54) is 0 Å². The number of rotatable bonds is 4. The van der Waals surface area contributed by atoms with E-state index in [-0.39, 0.29) is 17.9 Å². The topological polar surface area (TPSA) is 76.4 Å². The van der Waals surface area contributed by atoms with Crippen molar-refractivity contribution in [2.24, 2.45) is 5.92 Å². The van der Waals surface area contributed by atoms with Crippen molar-refractivity contribution in [2.45, 2.75) is 25.9 Å². The number of anilines is 2. The molecule has 2 N–H and O–H groups in total. The van der Waals surface area contributed by atoms with Gasteiger partial charge >= 0.3 is 0 Å². The van der Waals surface area contributed by atoms with Crippen molar-refractivity contribution in [3.63, 3.8) is 0 Å². The maximum Gasteiger partial charge on any atom is 0.253 e.